The van der Waals surface area contributed by atoms with Crippen molar-refractivity contribution >= 4 is 0 Å². The highest BCUT2D eigenvalue weighted by atomic mass is 16.6. The van der Waals surface area contributed by atoms with E-state index < -0.39 is 0 Å². The Bertz CT molecular complexity index is 107. The van der Waals surface area contributed by atoms with Crippen LogP contribution in [0.4, 0.5) is 0 Å². The summed E-state index contributed by atoms with van der Waals surface area (Å²) >= 11 is 0. The van der Waals surface area contributed by atoms with Gasteiger partial charge in [-0.05, 0) is 6.42 Å². The Kier molecular flexibility index (Phi) is 1.88. The van der Waals surface area contributed by atoms with Crippen molar-refractivity contribution in [1.29, 1.82) is 0 Å². The zero-order valence-corrected chi connectivity index (χ0v) is 5.91. The van der Waals surface area contributed by atoms with Crippen LogP contribution in [0.3, 0.4) is 0 Å². The fraction of sp³-hybridized carbons (Fsp3) is 1.00. The van der Waals surface area contributed by atoms with Gasteiger partial charge in [0.1, 0.15) is 6.10 Å². The van der Waals surface area contributed by atoms with Crippen molar-refractivity contribution in [3.63, 3.8) is 0 Å². The van der Waals surface area contributed by atoms with Gasteiger partial charge in [0.2, 0.25) is 0 Å². The fourth-order valence-electron chi connectivity index (χ4n) is 0.911. The van der Waals surface area contributed by atoms with E-state index in [1.165, 1.54) is 0 Å². The molecule has 10 heavy (non-hydrogen) atoms. The summed E-state index contributed by atoms with van der Waals surface area (Å²) in [6.45, 7) is 3.29. The van der Waals surface area contributed by atoms with Crippen LogP contribution in [0.1, 0.15) is 6.42 Å². The van der Waals surface area contributed by atoms with E-state index in [1.807, 2.05) is 0 Å². The van der Waals surface area contributed by atoms with Gasteiger partial charge in [0.25, 0.3) is 0 Å². The molecule has 2 saturated heterocycles. The van der Waals surface area contributed by atoms with E-state index in [4.69, 9.17) is 14.2 Å². The zero-order valence-electron chi connectivity index (χ0n) is 5.91. The Morgan fingerprint density at radius 3 is 2.40 bits per heavy atom. The molecule has 2 unspecified atom stereocenters. The van der Waals surface area contributed by atoms with Crippen molar-refractivity contribution in [3.05, 3.63) is 0 Å². The van der Waals surface area contributed by atoms with Crippen LogP contribution in [0.25, 0.3) is 0 Å². The minimum Gasteiger partial charge on any atom is -0.376 e. The topological polar surface area (TPSA) is 31.0 Å². The molecule has 0 aromatic rings. The van der Waals surface area contributed by atoms with Gasteiger partial charge in [0.05, 0.1) is 25.9 Å². The van der Waals surface area contributed by atoms with Crippen LogP contribution in [0.15, 0.2) is 0 Å². The number of rotatable bonds is 4. The van der Waals surface area contributed by atoms with Crippen molar-refractivity contribution in [2.45, 2.75) is 18.6 Å². The molecule has 0 N–H and O–H groups in total. The second-order valence-corrected chi connectivity index (χ2v) is 2.77. The molecule has 2 aliphatic heterocycles. The third-order valence-electron chi connectivity index (χ3n) is 1.80. The molecule has 0 spiro atoms. The SMILES string of the molecule is C1CC(COCC2CO2)O1. The maximum Gasteiger partial charge on any atom is 0.104 e. The molecule has 0 aromatic heterocycles. The third kappa shape index (κ3) is 1.68. The lowest BCUT2D eigenvalue weighted by molar-refractivity contribution is -0.0948. The molecular formula is C7H12O3. The largest absolute Gasteiger partial charge is 0.376 e. The van der Waals surface area contributed by atoms with Gasteiger partial charge in [-0.2, -0.15) is 0 Å². The predicted octanol–water partition coefficient (Wildman–Crippen LogP) is 0.191. The fourth-order valence-corrected chi connectivity index (χ4v) is 0.911. The average molecular weight is 144 g/mol. The van der Waals surface area contributed by atoms with E-state index >= 15 is 0 Å². The second kappa shape index (κ2) is 2.86. The van der Waals surface area contributed by atoms with Gasteiger partial charge in [0.15, 0.2) is 0 Å². The Morgan fingerprint density at radius 1 is 1.20 bits per heavy atom. The molecular weight excluding hydrogens is 132 g/mol. The van der Waals surface area contributed by atoms with Crippen LogP contribution in [-0.2, 0) is 14.2 Å². The Balaban J connectivity index is 1.46. The van der Waals surface area contributed by atoms with Gasteiger partial charge in [-0.25, -0.2) is 0 Å². The summed E-state index contributed by atoms with van der Waals surface area (Å²) in [5, 5.41) is 0. The highest BCUT2D eigenvalue weighted by molar-refractivity contribution is 4.69. The van der Waals surface area contributed by atoms with Crippen LogP contribution in [-0.4, -0.2) is 38.6 Å². The van der Waals surface area contributed by atoms with Crippen molar-refractivity contribution in [1.82, 2.24) is 0 Å². The summed E-state index contributed by atoms with van der Waals surface area (Å²) in [5.74, 6) is 0. The van der Waals surface area contributed by atoms with Crippen molar-refractivity contribution < 1.29 is 14.2 Å². The van der Waals surface area contributed by atoms with Crippen LogP contribution in [0.5, 0.6) is 0 Å². The molecule has 2 atom stereocenters. The monoisotopic (exact) mass is 144 g/mol. The average Bonchev–Trinajstić information content (AvgIpc) is 2.58. The summed E-state index contributed by atoms with van der Waals surface area (Å²) in [4.78, 5) is 0. The minimum absolute atomic E-state index is 0.374. The van der Waals surface area contributed by atoms with Crippen molar-refractivity contribution in [2.24, 2.45) is 0 Å². The molecule has 0 bridgehead atoms. The number of epoxide rings is 1. The molecule has 2 rings (SSSR count). The van der Waals surface area contributed by atoms with Crippen LogP contribution in [0, 0.1) is 0 Å². The first kappa shape index (κ1) is 6.58. The lowest BCUT2D eigenvalue weighted by Gasteiger charge is -2.25. The van der Waals surface area contributed by atoms with Crippen LogP contribution >= 0.6 is 0 Å². The number of hydrogen-bond donors (Lipinski definition) is 0. The first-order valence-electron chi connectivity index (χ1n) is 3.76. The van der Waals surface area contributed by atoms with E-state index in [0.29, 0.717) is 12.2 Å². The predicted molar refractivity (Wildman–Crippen MR) is 34.9 cm³/mol. The summed E-state index contributed by atoms with van der Waals surface area (Å²) in [7, 11) is 0. The highest BCUT2D eigenvalue weighted by Gasteiger charge is 2.24. The molecule has 0 amide bonds. The van der Waals surface area contributed by atoms with Gasteiger partial charge < -0.3 is 14.2 Å². The minimum atomic E-state index is 0.374. The van der Waals surface area contributed by atoms with Gasteiger partial charge in [0, 0.05) is 6.61 Å². The summed E-state index contributed by atoms with van der Waals surface area (Å²) in [5.41, 5.74) is 0. The maximum absolute atomic E-state index is 5.31. The van der Waals surface area contributed by atoms with Crippen molar-refractivity contribution in [3.8, 4) is 0 Å². The van der Waals surface area contributed by atoms with Crippen molar-refractivity contribution in [2.75, 3.05) is 26.4 Å². The van der Waals surface area contributed by atoms with E-state index in [9.17, 15) is 0 Å². The van der Waals surface area contributed by atoms with Gasteiger partial charge >= 0.3 is 0 Å². The molecule has 2 fully saturated rings. The normalized spacial score (nSPS) is 37.2. The van der Waals surface area contributed by atoms with E-state index in [1.54, 1.807) is 0 Å². The van der Waals surface area contributed by atoms with Gasteiger partial charge in [-0.1, -0.05) is 0 Å². The molecule has 3 nitrogen and oxygen atoms in total. The Labute approximate surface area is 60.3 Å². The smallest absolute Gasteiger partial charge is 0.104 e. The summed E-state index contributed by atoms with van der Waals surface area (Å²) in [6.07, 6.45) is 1.92. The van der Waals surface area contributed by atoms with E-state index in [2.05, 4.69) is 0 Å². The molecule has 3 heteroatoms. The molecule has 0 aromatic carbocycles. The van der Waals surface area contributed by atoms with Crippen LogP contribution in [0.2, 0.25) is 0 Å². The third-order valence-corrected chi connectivity index (χ3v) is 1.80. The van der Waals surface area contributed by atoms with Gasteiger partial charge in [-0.15, -0.1) is 0 Å². The Morgan fingerprint density at radius 2 is 1.90 bits per heavy atom. The molecule has 0 aliphatic carbocycles. The van der Waals surface area contributed by atoms with E-state index in [0.717, 1.165) is 32.8 Å². The lowest BCUT2D eigenvalue weighted by Crippen LogP contribution is -2.31. The second-order valence-electron chi connectivity index (χ2n) is 2.77. The standard InChI is InChI=1S/C7H12O3/c1-2-9-6(1)3-8-4-7-5-10-7/h6-7H,1-5H2. The molecule has 0 saturated carbocycles. The quantitative estimate of drug-likeness (QED) is 0.528. The molecule has 2 aliphatic rings. The first-order valence-corrected chi connectivity index (χ1v) is 3.76. The summed E-state index contributed by atoms with van der Waals surface area (Å²) < 4.78 is 15.5. The first-order chi connectivity index (χ1) is 4.95. The maximum atomic E-state index is 5.31. The number of hydrogen-bond acceptors (Lipinski definition) is 3. The Hall–Kier alpha value is -0.120. The molecule has 2 heterocycles. The zero-order chi connectivity index (χ0) is 6.81. The highest BCUT2D eigenvalue weighted by Crippen LogP contribution is 2.13. The van der Waals surface area contributed by atoms with Crippen LogP contribution < -0.4 is 0 Å². The lowest BCUT2D eigenvalue weighted by atomic mass is 10.2. The summed E-state index contributed by atoms with van der Waals surface area (Å²) in [6, 6.07) is 0. The molecule has 58 valence electrons. The number of ether oxygens (including phenoxy) is 3. The van der Waals surface area contributed by atoms with E-state index in [-0.39, 0.29) is 0 Å². The van der Waals surface area contributed by atoms with Gasteiger partial charge in [-0.3, -0.25) is 0 Å². The molecule has 0 radical (unpaired) electrons.